The van der Waals surface area contributed by atoms with Crippen molar-refractivity contribution in [3.63, 3.8) is 0 Å². The van der Waals surface area contributed by atoms with Crippen molar-refractivity contribution in [3.05, 3.63) is 42.2 Å². The van der Waals surface area contributed by atoms with Crippen LogP contribution < -0.4 is 5.32 Å². The standard InChI is InChI=1S/C21H28N4O6S/c1-15-5-7-17(8-6-15)32(30,31)25-13-10-22-20(27)18(25)14-19(26)23(2)16-4-3-11-24(12-9-16)21(28)29/h5-8,10,13,16,18H,3-4,9,11-12,14H2,1-2H3,(H,22,27)(H,28,29)/t16?,18-/m1/s1. The Hall–Kier alpha value is -3.08. The molecule has 2 aliphatic rings. The molecule has 3 rings (SSSR count). The van der Waals surface area contributed by atoms with Crippen molar-refractivity contribution in [2.45, 2.75) is 49.6 Å². The second-order valence-electron chi connectivity index (χ2n) is 8.05. The summed E-state index contributed by atoms with van der Waals surface area (Å²) in [7, 11) is -2.43. The van der Waals surface area contributed by atoms with E-state index in [0.29, 0.717) is 32.4 Å². The van der Waals surface area contributed by atoms with Gasteiger partial charge in [0.1, 0.15) is 6.04 Å². The number of carbonyl (C=O) groups is 3. The number of benzene rings is 1. The summed E-state index contributed by atoms with van der Waals surface area (Å²) in [5, 5.41) is 11.7. The molecule has 174 valence electrons. The number of nitrogens with zero attached hydrogens (tertiary/aromatic N) is 3. The van der Waals surface area contributed by atoms with Gasteiger partial charge in [-0.2, -0.15) is 0 Å². The van der Waals surface area contributed by atoms with Gasteiger partial charge >= 0.3 is 6.09 Å². The lowest BCUT2D eigenvalue weighted by atomic mass is 10.1. The van der Waals surface area contributed by atoms with E-state index in [4.69, 9.17) is 0 Å². The highest BCUT2D eigenvalue weighted by molar-refractivity contribution is 7.89. The Balaban J connectivity index is 1.75. The average Bonchev–Trinajstić information content (AvgIpc) is 3.01. The average molecular weight is 465 g/mol. The van der Waals surface area contributed by atoms with Gasteiger partial charge in [-0.1, -0.05) is 17.7 Å². The molecule has 2 heterocycles. The molecule has 2 aliphatic heterocycles. The van der Waals surface area contributed by atoms with Crippen LogP contribution in [0.2, 0.25) is 0 Å². The van der Waals surface area contributed by atoms with E-state index < -0.39 is 28.1 Å². The number of aryl methyl sites for hydroxylation is 1. The van der Waals surface area contributed by atoms with Gasteiger partial charge < -0.3 is 20.2 Å². The summed E-state index contributed by atoms with van der Waals surface area (Å²) < 4.78 is 27.3. The maximum Gasteiger partial charge on any atom is 0.407 e. The first-order valence-corrected chi connectivity index (χ1v) is 11.9. The molecule has 1 fully saturated rings. The number of carbonyl (C=O) groups excluding carboxylic acids is 2. The van der Waals surface area contributed by atoms with Gasteiger partial charge in [-0.25, -0.2) is 13.2 Å². The van der Waals surface area contributed by atoms with E-state index in [2.05, 4.69) is 5.32 Å². The van der Waals surface area contributed by atoms with Crippen molar-refractivity contribution < 1.29 is 27.9 Å². The summed E-state index contributed by atoms with van der Waals surface area (Å²) in [6, 6.07) is 4.87. The van der Waals surface area contributed by atoms with E-state index in [1.165, 1.54) is 34.3 Å². The summed E-state index contributed by atoms with van der Waals surface area (Å²) in [5.41, 5.74) is 0.897. The van der Waals surface area contributed by atoms with Crippen LogP contribution in [0.5, 0.6) is 0 Å². The Bertz CT molecular complexity index is 1010. The van der Waals surface area contributed by atoms with E-state index in [0.717, 1.165) is 9.87 Å². The summed E-state index contributed by atoms with van der Waals surface area (Å²) in [6.45, 7) is 2.57. The molecular formula is C21H28N4O6S. The molecule has 2 N–H and O–H groups in total. The fraction of sp³-hybridized carbons (Fsp3) is 0.476. The number of amides is 3. The van der Waals surface area contributed by atoms with E-state index in [1.807, 2.05) is 6.92 Å². The van der Waals surface area contributed by atoms with Crippen LogP contribution in [0.25, 0.3) is 0 Å². The normalized spacial score (nSPS) is 21.6. The van der Waals surface area contributed by atoms with Crippen molar-refractivity contribution >= 4 is 27.9 Å². The maximum atomic E-state index is 13.2. The second-order valence-corrected chi connectivity index (χ2v) is 9.89. The number of nitrogens with one attached hydrogen (secondary N) is 1. The number of rotatable bonds is 5. The summed E-state index contributed by atoms with van der Waals surface area (Å²) in [6.07, 6.45) is 2.93. The van der Waals surface area contributed by atoms with Crippen LogP contribution in [0.4, 0.5) is 4.79 Å². The number of likely N-dealkylation sites (tertiary alicyclic amines) is 1. The molecule has 1 aromatic carbocycles. The van der Waals surface area contributed by atoms with Gasteiger partial charge in [-0.3, -0.25) is 13.9 Å². The Labute approximate surface area is 187 Å². The fourth-order valence-corrected chi connectivity index (χ4v) is 5.39. The Kier molecular flexibility index (Phi) is 7.07. The number of hydrogen-bond acceptors (Lipinski definition) is 5. The minimum atomic E-state index is -4.04. The molecule has 0 aliphatic carbocycles. The van der Waals surface area contributed by atoms with Crippen LogP contribution in [0.15, 0.2) is 41.6 Å². The van der Waals surface area contributed by atoms with Gasteiger partial charge in [-0.15, -0.1) is 0 Å². The van der Waals surface area contributed by atoms with Crippen molar-refractivity contribution in [2.75, 3.05) is 20.1 Å². The molecule has 1 saturated heterocycles. The highest BCUT2D eigenvalue weighted by Crippen LogP contribution is 2.24. The van der Waals surface area contributed by atoms with Crippen LogP contribution >= 0.6 is 0 Å². The van der Waals surface area contributed by atoms with Crippen LogP contribution in [-0.2, 0) is 19.6 Å². The Morgan fingerprint density at radius 3 is 2.53 bits per heavy atom. The van der Waals surface area contributed by atoms with Crippen LogP contribution in [0.3, 0.4) is 0 Å². The van der Waals surface area contributed by atoms with Gasteiger partial charge in [0, 0.05) is 38.6 Å². The topological polar surface area (TPSA) is 127 Å². The molecule has 0 bridgehead atoms. The first kappa shape index (κ1) is 23.6. The largest absolute Gasteiger partial charge is 0.465 e. The zero-order valence-electron chi connectivity index (χ0n) is 18.1. The fourth-order valence-electron chi connectivity index (χ4n) is 3.94. The van der Waals surface area contributed by atoms with Crippen LogP contribution in [0, 0.1) is 6.92 Å². The highest BCUT2D eigenvalue weighted by atomic mass is 32.2. The van der Waals surface area contributed by atoms with E-state index in [-0.39, 0.29) is 23.3 Å². The molecule has 11 heteroatoms. The monoisotopic (exact) mass is 464 g/mol. The number of hydrogen-bond donors (Lipinski definition) is 2. The predicted molar refractivity (Wildman–Crippen MR) is 116 cm³/mol. The SMILES string of the molecule is Cc1ccc(S(=O)(=O)N2C=CNC(=O)[C@H]2CC(=O)N(C)C2CCCN(C(=O)O)CC2)cc1. The third kappa shape index (κ3) is 5.04. The number of sulfonamides is 1. The van der Waals surface area contributed by atoms with Gasteiger partial charge in [0.15, 0.2) is 0 Å². The summed E-state index contributed by atoms with van der Waals surface area (Å²) in [5.74, 6) is -0.957. The molecule has 2 atom stereocenters. The van der Waals surface area contributed by atoms with Crippen molar-refractivity contribution in [1.29, 1.82) is 0 Å². The highest BCUT2D eigenvalue weighted by Gasteiger charge is 2.38. The molecule has 0 aromatic heterocycles. The predicted octanol–water partition coefficient (Wildman–Crippen LogP) is 1.34. The Morgan fingerprint density at radius 2 is 1.88 bits per heavy atom. The summed E-state index contributed by atoms with van der Waals surface area (Å²) in [4.78, 5) is 39.6. The third-order valence-corrected chi connectivity index (χ3v) is 7.73. The number of carboxylic acid groups (broad SMARTS) is 1. The van der Waals surface area contributed by atoms with Crippen molar-refractivity contribution in [1.82, 2.24) is 19.4 Å². The molecule has 10 nitrogen and oxygen atoms in total. The van der Waals surface area contributed by atoms with Gasteiger partial charge in [0.05, 0.1) is 11.3 Å². The molecule has 0 saturated carbocycles. The second kappa shape index (κ2) is 9.60. The van der Waals surface area contributed by atoms with Gasteiger partial charge in [0.2, 0.25) is 11.8 Å². The first-order chi connectivity index (χ1) is 15.1. The lowest BCUT2D eigenvalue weighted by molar-refractivity contribution is -0.136. The molecule has 0 spiro atoms. The Morgan fingerprint density at radius 1 is 1.19 bits per heavy atom. The van der Waals surface area contributed by atoms with Crippen LogP contribution in [-0.4, -0.2) is 77.8 Å². The molecule has 1 unspecified atom stereocenters. The lowest BCUT2D eigenvalue weighted by Gasteiger charge is -2.33. The van der Waals surface area contributed by atoms with Gasteiger partial charge in [-0.05, 0) is 38.3 Å². The van der Waals surface area contributed by atoms with Crippen molar-refractivity contribution in [3.8, 4) is 0 Å². The minimum Gasteiger partial charge on any atom is -0.465 e. The molecular weight excluding hydrogens is 436 g/mol. The minimum absolute atomic E-state index is 0.0331. The zero-order chi connectivity index (χ0) is 23.5. The smallest absolute Gasteiger partial charge is 0.407 e. The van der Waals surface area contributed by atoms with E-state index >= 15 is 0 Å². The van der Waals surface area contributed by atoms with E-state index in [1.54, 1.807) is 19.2 Å². The first-order valence-electron chi connectivity index (χ1n) is 10.4. The summed E-state index contributed by atoms with van der Waals surface area (Å²) >= 11 is 0. The van der Waals surface area contributed by atoms with Crippen LogP contribution in [0.1, 0.15) is 31.2 Å². The zero-order valence-corrected chi connectivity index (χ0v) is 18.9. The molecule has 32 heavy (non-hydrogen) atoms. The quantitative estimate of drug-likeness (QED) is 0.677. The lowest BCUT2D eigenvalue weighted by Crippen LogP contribution is -2.51. The maximum absolute atomic E-state index is 13.2. The third-order valence-electron chi connectivity index (χ3n) is 5.93. The molecule has 3 amide bonds. The molecule has 0 radical (unpaired) electrons. The van der Waals surface area contributed by atoms with E-state index in [9.17, 15) is 27.9 Å². The van der Waals surface area contributed by atoms with Gasteiger partial charge in [0.25, 0.3) is 10.0 Å². The molecule has 1 aromatic rings. The van der Waals surface area contributed by atoms with Crippen molar-refractivity contribution in [2.24, 2.45) is 0 Å².